The van der Waals surface area contributed by atoms with E-state index >= 15 is 0 Å². The van der Waals surface area contributed by atoms with Crippen molar-refractivity contribution in [1.82, 2.24) is 9.55 Å². The fourth-order valence-corrected chi connectivity index (χ4v) is 4.81. The average molecular weight is 419 g/mol. The summed E-state index contributed by atoms with van der Waals surface area (Å²) in [4.78, 5) is 4.46. The molecule has 3 nitrogen and oxygen atoms in total. The molecule has 0 saturated carbocycles. The lowest BCUT2D eigenvalue weighted by molar-refractivity contribution is -0.633. The maximum Gasteiger partial charge on any atom is 0.296 e. The first-order valence-corrected chi connectivity index (χ1v) is 11.0. The first-order chi connectivity index (χ1) is 15.5. The van der Waals surface area contributed by atoms with Gasteiger partial charge in [-0.2, -0.15) is 4.57 Å². The van der Waals surface area contributed by atoms with E-state index in [4.69, 9.17) is 0 Å². The van der Waals surface area contributed by atoms with E-state index in [0.29, 0.717) is 0 Å². The van der Waals surface area contributed by atoms with Crippen molar-refractivity contribution in [1.29, 1.82) is 0 Å². The third-order valence-electron chi connectivity index (χ3n) is 6.36. The standard InChI is InChI=1S/C29H28N3/c1-19-11-12-26-27(15-19)32(29(31(26)5)25-18-30-14-13-20(25)2)28-21(3)16-24(17-22(28)4)23-9-7-6-8-10-23/h6-18H,1-5H3/q+1. The molecule has 0 aliphatic carbocycles. The van der Waals surface area contributed by atoms with Crippen molar-refractivity contribution in [3.8, 4) is 28.2 Å². The quantitative estimate of drug-likeness (QED) is 0.310. The van der Waals surface area contributed by atoms with Crippen molar-refractivity contribution in [2.24, 2.45) is 7.05 Å². The molecule has 0 N–H and O–H groups in total. The minimum atomic E-state index is 1.15. The van der Waals surface area contributed by atoms with Gasteiger partial charge in [0.1, 0.15) is 5.69 Å². The van der Waals surface area contributed by atoms with E-state index in [1.54, 1.807) is 0 Å². The number of hydrogen-bond donors (Lipinski definition) is 0. The Kier molecular flexibility index (Phi) is 4.90. The van der Waals surface area contributed by atoms with E-state index in [1.165, 1.54) is 50.1 Å². The van der Waals surface area contributed by atoms with Gasteiger partial charge in [-0.1, -0.05) is 36.4 Å². The smallest absolute Gasteiger partial charge is 0.264 e. The fourth-order valence-electron chi connectivity index (χ4n) is 4.81. The van der Waals surface area contributed by atoms with E-state index in [2.05, 4.69) is 116 Å². The Balaban J connectivity index is 1.86. The topological polar surface area (TPSA) is 21.7 Å². The fraction of sp³-hybridized carbons (Fsp3) is 0.172. The Bertz CT molecular complexity index is 1440. The maximum atomic E-state index is 4.46. The highest BCUT2D eigenvalue weighted by Gasteiger charge is 2.29. The molecule has 0 aliphatic heterocycles. The van der Waals surface area contributed by atoms with Gasteiger partial charge in [-0.3, -0.25) is 4.98 Å². The third-order valence-corrected chi connectivity index (χ3v) is 6.36. The van der Waals surface area contributed by atoms with Crippen molar-refractivity contribution in [3.05, 3.63) is 101 Å². The summed E-state index contributed by atoms with van der Waals surface area (Å²) in [5.41, 5.74) is 12.3. The highest BCUT2D eigenvalue weighted by atomic mass is 15.2. The predicted octanol–water partition coefficient (Wildman–Crippen LogP) is 6.42. The first kappa shape index (κ1) is 20.2. The average Bonchev–Trinajstić information content (AvgIpc) is 3.05. The van der Waals surface area contributed by atoms with Gasteiger partial charge in [0.05, 0.1) is 12.6 Å². The van der Waals surface area contributed by atoms with Crippen molar-refractivity contribution in [2.45, 2.75) is 27.7 Å². The van der Waals surface area contributed by atoms with Crippen molar-refractivity contribution < 1.29 is 4.57 Å². The lowest BCUT2D eigenvalue weighted by atomic mass is 9.98. The number of fused-ring (bicyclic) bond motifs is 1. The number of hydrogen-bond acceptors (Lipinski definition) is 1. The van der Waals surface area contributed by atoms with Gasteiger partial charge in [0, 0.05) is 12.4 Å². The molecule has 5 aromatic rings. The maximum absolute atomic E-state index is 4.46. The largest absolute Gasteiger partial charge is 0.296 e. The second-order valence-electron chi connectivity index (χ2n) is 8.73. The second kappa shape index (κ2) is 7.76. The van der Waals surface area contributed by atoms with Crippen LogP contribution >= 0.6 is 0 Å². The SMILES string of the molecule is Cc1ccc2c(c1)n(-c1c(C)cc(-c3ccccc3)cc1C)c(-c1cnccc1C)[n+]2C. The number of rotatable bonds is 3. The van der Waals surface area contributed by atoms with Gasteiger partial charge in [-0.25, -0.2) is 4.57 Å². The molecule has 32 heavy (non-hydrogen) atoms. The van der Waals surface area contributed by atoms with E-state index in [0.717, 1.165) is 11.4 Å². The zero-order valence-electron chi connectivity index (χ0n) is 19.3. The van der Waals surface area contributed by atoms with Crippen LogP contribution in [0, 0.1) is 27.7 Å². The van der Waals surface area contributed by atoms with Crippen LogP contribution in [0.2, 0.25) is 0 Å². The Hall–Kier alpha value is -3.72. The highest BCUT2D eigenvalue weighted by Crippen LogP contribution is 2.34. The molecular formula is C29H28N3+. The van der Waals surface area contributed by atoms with Crippen LogP contribution in [0.25, 0.3) is 39.2 Å². The first-order valence-electron chi connectivity index (χ1n) is 11.0. The van der Waals surface area contributed by atoms with Gasteiger partial charge in [0.2, 0.25) is 0 Å². The van der Waals surface area contributed by atoms with Crippen LogP contribution in [-0.4, -0.2) is 9.55 Å². The number of aryl methyl sites for hydroxylation is 5. The Labute approximate surface area is 189 Å². The molecule has 0 unspecified atom stereocenters. The molecule has 2 heterocycles. The normalized spacial score (nSPS) is 11.3. The van der Waals surface area contributed by atoms with Crippen molar-refractivity contribution in [3.63, 3.8) is 0 Å². The second-order valence-corrected chi connectivity index (χ2v) is 8.73. The number of nitrogens with zero attached hydrogens (tertiary/aromatic N) is 3. The molecule has 3 aromatic carbocycles. The summed E-state index contributed by atoms with van der Waals surface area (Å²) in [6.07, 6.45) is 3.84. The van der Waals surface area contributed by atoms with Gasteiger partial charge in [-0.05, 0) is 91.4 Å². The molecule has 0 atom stereocenters. The number of aromatic nitrogens is 3. The third kappa shape index (κ3) is 3.21. The molecule has 0 spiro atoms. The van der Waals surface area contributed by atoms with Crippen LogP contribution in [-0.2, 0) is 7.05 Å². The zero-order chi connectivity index (χ0) is 22.4. The van der Waals surface area contributed by atoms with Crippen LogP contribution < -0.4 is 4.57 Å². The molecule has 158 valence electrons. The summed E-state index contributed by atoms with van der Waals surface area (Å²) in [5, 5.41) is 0. The summed E-state index contributed by atoms with van der Waals surface area (Å²) in [6, 6.07) is 24.0. The molecule has 0 bridgehead atoms. The van der Waals surface area contributed by atoms with Gasteiger partial charge < -0.3 is 0 Å². The lowest BCUT2D eigenvalue weighted by Gasteiger charge is -2.13. The minimum Gasteiger partial charge on any atom is -0.264 e. The molecule has 3 heteroatoms. The molecule has 2 aromatic heterocycles. The number of benzene rings is 3. The minimum absolute atomic E-state index is 1.15. The monoisotopic (exact) mass is 418 g/mol. The van der Waals surface area contributed by atoms with Crippen molar-refractivity contribution in [2.75, 3.05) is 0 Å². The lowest BCUT2D eigenvalue weighted by Crippen LogP contribution is -2.30. The number of pyridine rings is 1. The molecule has 0 saturated heterocycles. The summed E-state index contributed by atoms with van der Waals surface area (Å²) in [5.74, 6) is 1.15. The van der Waals surface area contributed by atoms with Gasteiger partial charge in [0.15, 0.2) is 11.0 Å². The van der Waals surface area contributed by atoms with Crippen LogP contribution in [0.15, 0.2) is 79.1 Å². The van der Waals surface area contributed by atoms with E-state index in [-0.39, 0.29) is 0 Å². The van der Waals surface area contributed by atoms with Crippen LogP contribution in [0.1, 0.15) is 22.3 Å². The van der Waals surface area contributed by atoms with Gasteiger partial charge in [-0.15, -0.1) is 0 Å². The number of imidazole rings is 1. The predicted molar refractivity (Wildman–Crippen MR) is 132 cm³/mol. The van der Waals surface area contributed by atoms with Crippen LogP contribution in [0.5, 0.6) is 0 Å². The summed E-state index contributed by atoms with van der Waals surface area (Å²) < 4.78 is 4.72. The van der Waals surface area contributed by atoms with E-state index < -0.39 is 0 Å². The Morgan fingerprint density at radius 3 is 2.16 bits per heavy atom. The molecule has 5 rings (SSSR count). The molecule has 0 amide bonds. The molecular weight excluding hydrogens is 390 g/mol. The van der Waals surface area contributed by atoms with Gasteiger partial charge in [0.25, 0.3) is 5.82 Å². The zero-order valence-corrected chi connectivity index (χ0v) is 19.3. The Morgan fingerprint density at radius 1 is 0.750 bits per heavy atom. The summed E-state index contributed by atoms with van der Waals surface area (Å²) in [7, 11) is 2.15. The molecule has 0 fully saturated rings. The molecule has 0 aliphatic rings. The van der Waals surface area contributed by atoms with Crippen LogP contribution in [0.4, 0.5) is 0 Å². The summed E-state index contributed by atoms with van der Waals surface area (Å²) in [6.45, 7) is 8.75. The Morgan fingerprint density at radius 2 is 1.47 bits per heavy atom. The van der Waals surface area contributed by atoms with Gasteiger partial charge >= 0.3 is 0 Å². The van der Waals surface area contributed by atoms with Crippen LogP contribution in [0.3, 0.4) is 0 Å². The summed E-state index contributed by atoms with van der Waals surface area (Å²) >= 11 is 0. The van der Waals surface area contributed by atoms with E-state index in [9.17, 15) is 0 Å². The molecule has 0 radical (unpaired) electrons. The highest BCUT2D eigenvalue weighted by molar-refractivity contribution is 5.82. The van der Waals surface area contributed by atoms with Crippen molar-refractivity contribution >= 4 is 11.0 Å². The van der Waals surface area contributed by atoms with E-state index in [1.807, 2.05) is 12.4 Å².